The van der Waals surface area contributed by atoms with Crippen LogP contribution in [0.15, 0.2) is 109 Å². The van der Waals surface area contributed by atoms with Crippen LogP contribution in [0.2, 0.25) is 0 Å². The van der Waals surface area contributed by atoms with Crippen molar-refractivity contribution in [1.29, 1.82) is 0 Å². The van der Waals surface area contributed by atoms with Crippen molar-refractivity contribution in [3.63, 3.8) is 0 Å². The largest absolute Gasteiger partial charge is 0.489 e. The van der Waals surface area contributed by atoms with E-state index in [1.807, 2.05) is 93.1 Å². The molecule has 4 aromatic rings. The molecule has 270 valence electrons. The second-order valence-corrected chi connectivity index (χ2v) is 13.7. The van der Waals surface area contributed by atoms with Crippen LogP contribution in [0, 0.1) is 0 Å². The highest BCUT2D eigenvalue weighted by Crippen LogP contribution is 2.29. The molecule has 0 amide bonds. The molecule has 4 rings (SSSR count). The molecule has 1 atom stereocenters. The quantitative estimate of drug-likeness (QED) is 0.138. The number of ether oxygens (including phenoxy) is 2. The van der Waals surface area contributed by atoms with Crippen LogP contribution in [0.25, 0.3) is 0 Å². The number of sulfonamides is 2. The summed E-state index contributed by atoms with van der Waals surface area (Å²) in [7, 11) is -7.06. The van der Waals surface area contributed by atoms with Crippen molar-refractivity contribution in [3.05, 3.63) is 131 Å². The molecule has 0 saturated carbocycles. The minimum atomic E-state index is -3.67. The fraction of sp³-hybridized carbons (Fsp3) is 0.333. The Bertz CT molecular complexity index is 1680. The SMILES string of the molecule is CC.CC.CS(=O)(=O)NCC(F)(F)c1ccc(OCc2ccccc2)cc1.CS(=O)(=O)NCC(F)c1ccc(OCc2ccccc2)cc1. The van der Waals surface area contributed by atoms with E-state index in [4.69, 9.17) is 9.47 Å². The summed E-state index contributed by atoms with van der Waals surface area (Å²) in [5.74, 6) is -2.19. The van der Waals surface area contributed by atoms with Crippen LogP contribution in [0.5, 0.6) is 11.5 Å². The maximum Gasteiger partial charge on any atom is 0.286 e. The van der Waals surface area contributed by atoms with Gasteiger partial charge in [-0.2, -0.15) is 8.78 Å². The number of benzene rings is 4. The number of alkyl halides is 3. The molecule has 49 heavy (non-hydrogen) atoms. The van der Waals surface area contributed by atoms with Gasteiger partial charge in [-0.1, -0.05) is 100 Å². The van der Waals surface area contributed by atoms with Gasteiger partial charge in [0, 0.05) is 12.1 Å². The molecule has 0 aromatic heterocycles. The van der Waals surface area contributed by atoms with E-state index in [9.17, 15) is 30.0 Å². The van der Waals surface area contributed by atoms with Crippen molar-refractivity contribution in [2.45, 2.75) is 53.0 Å². The van der Waals surface area contributed by atoms with Crippen molar-refractivity contribution in [2.24, 2.45) is 0 Å². The van der Waals surface area contributed by atoms with E-state index < -0.39 is 38.7 Å². The molecule has 0 bridgehead atoms. The normalized spacial score (nSPS) is 11.7. The highest BCUT2D eigenvalue weighted by Gasteiger charge is 2.32. The van der Waals surface area contributed by atoms with Gasteiger partial charge >= 0.3 is 0 Å². The molecule has 0 aliphatic rings. The second-order valence-electron chi connectivity index (χ2n) is 10.0. The molecule has 8 nitrogen and oxygen atoms in total. The number of rotatable bonds is 14. The van der Waals surface area contributed by atoms with Crippen LogP contribution < -0.4 is 18.9 Å². The summed E-state index contributed by atoms with van der Waals surface area (Å²) < 4.78 is 100. The van der Waals surface area contributed by atoms with Gasteiger partial charge < -0.3 is 9.47 Å². The lowest BCUT2D eigenvalue weighted by Crippen LogP contribution is -2.34. The number of hydrogen-bond donors (Lipinski definition) is 2. The van der Waals surface area contributed by atoms with Gasteiger partial charge in [0.05, 0.1) is 19.1 Å². The molecule has 0 spiro atoms. The summed E-state index contributed by atoms with van der Waals surface area (Å²) in [4.78, 5) is 0. The van der Waals surface area contributed by atoms with Crippen molar-refractivity contribution >= 4 is 20.0 Å². The first-order valence-corrected chi connectivity index (χ1v) is 19.4. The zero-order chi connectivity index (χ0) is 36.9. The first kappa shape index (κ1) is 43.1. The average Bonchev–Trinajstić information content (AvgIpc) is 3.11. The van der Waals surface area contributed by atoms with Crippen molar-refractivity contribution < 1.29 is 39.5 Å². The molecule has 0 saturated heterocycles. The van der Waals surface area contributed by atoms with E-state index in [0.717, 1.165) is 23.6 Å². The zero-order valence-electron chi connectivity index (χ0n) is 28.7. The summed E-state index contributed by atoms with van der Waals surface area (Å²) >= 11 is 0. The van der Waals surface area contributed by atoms with Crippen LogP contribution in [0.3, 0.4) is 0 Å². The third kappa shape index (κ3) is 18.4. The molecular formula is C36H47F3N2O6S2. The summed E-state index contributed by atoms with van der Waals surface area (Å²) in [5.41, 5.74) is 2.15. The Hall–Kier alpha value is -3.91. The maximum absolute atomic E-state index is 13.9. The highest BCUT2D eigenvalue weighted by molar-refractivity contribution is 7.89. The van der Waals surface area contributed by atoms with Crippen LogP contribution in [-0.2, 0) is 39.2 Å². The lowest BCUT2D eigenvalue weighted by molar-refractivity contribution is 0.00208. The van der Waals surface area contributed by atoms with Crippen LogP contribution in [0.1, 0.15) is 56.1 Å². The Labute approximate surface area is 289 Å². The molecule has 2 N–H and O–H groups in total. The predicted molar refractivity (Wildman–Crippen MR) is 191 cm³/mol. The molecule has 0 aliphatic heterocycles. The smallest absolute Gasteiger partial charge is 0.286 e. The Morgan fingerprint density at radius 3 is 1.39 bits per heavy atom. The van der Waals surface area contributed by atoms with Gasteiger partial charge in [0.1, 0.15) is 30.9 Å². The monoisotopic (exact) mass is 724 g/mol. The van der Waals surface area contributed by atoms with Crippen LogP contribution >= 0.6 is 0 Å². The molecule has 1 unspecified atom stereocenters. The number of hydrogen-bond acceptors (Lipinski definition) is 6. The van der Waals surface area contributed by atoms with E-state index in [-0.39, 0.29) is 12.1 Å². The van der Waals surface area contributed by atoms with Gasteiger partial charge in [-0.3, -0.25) is 0 Å². The van der Waals surface area contributed by atoms with Gasteiger partial charge in [0.2, 0.25) is 20.0 Å². The molecule has 0 aliphatic carbocycles. The lowest BCUT2D eigenvalue weighted by atomic mass is 10.1. The van der Waals surface area contributed by atoms with E-state index >= 15 is 0 Å². The van der Waals surface area contributed by atoms with Gasteiger partial charge in [0.15, 0.2) is 0 Å². The average molecular weight is 725 g/mol. The number of nitrogens with one attached hydrogen (secondary N) is 2. The van der Waals surface area contributed by atoms with E-state index in [1.54, 1.807) is 24.3 Å². The first-order chi connectivity index (χ1) is 23.2. The molecule has 13 heteroatoms. The van der Waals surface area contributed by atoms with Crippen molar-refractivity contribution in [3.8, 4) is 11.5 Å². The third-order valence-electron chi connectivity index (χ3n) is 6.10. The summed E-state index contributed by atoms with van der Waals surface area (Å²) in [6.45, 7) is 7.53. The maximum atomic E-state index is 13.9. The van der Waals surface area contributed by atoms with E-state index in [2.05, 4.69) is 4.72 Å². The van der Waals surface area contributed by atoms with Gasteiger partial charge in [-0.25, -0.2) is 30.7 Å². The van der Waals surface area contributed by atoms with Gasteiger partial charge in [-0.15, -0.1) is 0 Å². The third-order valence-corrected chi connectivity index (χ3v) is 7.46. The zero-order valence-corrected chi connectivity index (χ0v) is 30.3. The predicted octanol–water partition coefficient (Wildman–Crippen LogP) is 7.78. The minimum absolute atomic E-state index is 0.275. The topological polar surface area (TPSA) is 111 Å². The lowest BCUT2D eigenvalue weighted by Gasteiger charge is -2.17. The molecule has 4 aromatic carbocycles. The van der Waals surface area contributed by atoms with Crippen LogP contribution in [-0.4, -0.2) is 42.4 Å². The van der Waals surface area contributed by atoms with Crippen molar-refractivity contribution in [2.75, 3.05) is 25.6 Å². The summed E-state index contributed by atoms with van der Waals surface area (Å²) in [6, 6.07) is 31.1. The first-order valence-electron chi connectivity index (χ1n) is 15.7. The Morgan fingerprint density at radius 2 is 1.00 bits per heavy atom. The fourth-order valence-corrected chi connectivity index (χ4v) is 4.61. The summed E-state index contributed by atoms with van der Waals surface area (Å²) in [5, 5.41) is 0. The van der Waals surface area contributed by atoms with E-state index in [1.165, 1.54) is 24.3 Å². The standard InChI is InChI=1S/C16H17F2NO3S.C16H18FNO3S.2C2H6/c1-23(20,21)19-12-16(17,18)14-7-9-15(10-8-14)22-11-13-5-3-2-4-6-13;1-22(19,20)18-11-16(17)14-7-9-15(10-8-14)21-12-13-5-3-2-4-6-13;2*1-2/h2-10,19H,11-12H2,1H3;2-10,16,18H,11-12H2,1H3;2*1-2H3. The second kappa shape index (κ2) is 21.9. The molecule has 0 fully saturated rings. The summed E-state index contributed by atoms with van der Waals surface area (Å²) in [6.07, 6.45) is 0.446. The molecule has 0 heterocycles. The Balaban J connectivity index is 0.000000445. The Morgan fingerprint density at radius 1 is 0.612 bits per heavy atom. The van der Waals surface area contributed by atoms with Crippen LogP contribution in [0.4, 0.5) is 13.2 Å². The molecule has 0 radical (unpaired) electrons. The van der Waals surface area contributed by atoms with Gasteiger partial charge in [-0.05, 0) is 53.1 Å². The number of halogens is 3. The Kier molecular flexibility index (Phi) is 19.3. The van der Waals surface area contributed by atoms with Crippen molar-refractivity contribution in [1.82, 2.24) is 9.44 Å². The molecular weight excluding hydrogens is 678 g/mol. The fourth-order valence-electron chi connectivity index (χ4n) is 3.72. The highest BCUT2D eigenvalue weighted by atomic mass is 32.2. The van der Waals surface area contributed by atoms with E-state index in [0.29, 0.717) is 30.3 Å². The minimum Gasteiger partial charge on any atom is -0.489 e. The van der Waals surface area contributed by atoms with Gasteiger partial charge in [0.25, 0.3) is 5.92 Å².